The topological polar surface area (TPSA) is 120 Å². The van der Waals surface area contributed by atoms with E-state index < -0.39 is 0 Å². The Morgan fingerprint density at radius 3 is 2.69 bits per heavy atom. The van der Waals surface area contributed by atoms with Gasteiger partial charge in [0, 0.05) is 23.7 Å². The summed E-state index contributed by atoms with van der Waals surface area (Å²) in [7, 11) is 0. The van der Waals surface area contributed by atoms with Crippen molar-refractivity contribution in [2.45, 2.75) is 48.2 Å². The minimum absolute atomic E-state index is 0.293. The summed E-state index contributed by atoms with van der Waals surface area (Å²) >= 11 is 7.56. The second kappa shape index (κ2) is 7.27. The Kier molecular flexibility index (Phi) is 4.85. The van der Waals surface area contributed by atoms with E-state index in [1.807, 2.05) is 0 Å². The lowest BCUT2D eigenvalue weighted by Gasteiger charge is -2.43. The molecule has 3 aliphatic rings. The molecule has 29 heavy (non-hydrogen) atoms. The van der Waals surface area contributed by atoms with Crippen molar-refractivity contribution in [3.8, 4) is 0 Å². The molecule has 2 aromatic heterocycles. The summed E-state index contributed by atoms with van der Waals surface area (Å²) in [5.74, 6) is 2.42. The molecule has 6 N–H and O–H groups in total. The fourth-order valence-electron chi connectivity index (χ4n) is 5.19. The number of hydrogen-bond acceptors (Lipinski definition) is 8. The van der Waals surface area contributed by atoms with Crippen LogP contribution in [-0.4, -0.2) is 39.0 Å². The summed E-state index contributed by atoms with van der Waals surface area (Å²) in [6, 6.07) is 2.20. The standard InChI is InChI=1S/C20H26ClN7S/c21-15-14(1-4-25-17(15)23)29-19-18(24)27-12(9-26-19)10-28-5-2-20(3-6-28)8-11-7-13(11)16(20)22/h1,4,9,11,13,16H,2-3,5-8,10,22H2,(H2,23,25)(H2,24,27)/t11?,13?,16-/m1/s1. The van der Waals surface area contributed by atoms with E-state index in [4.69, 9.17) is 28.8 Å². The van der Waals surface area contributed by atoms with Gasteiger partial charge in [0.1, 0.15) is 10.8 Å². The van der Waals surface area contributed by atoms with E-state index in [0.29, 0.717) is 33.1 Å². The Bertz CT molecular complexity index is 931. The fourth-order valence-corrected chi connectivity index (χ4v) is 6.21. The molecule has 3 fully saturated rings. The predicted octanol–water partition coefficient (Wildman–Crippen LogP) is 2.79. The van der Waals surface area contributed by atoms with Crippen LogP contribution in [0.4, 0.5) is 11.6 Å². The van der Waals surface area contributed by atoms with Crippen molar-refractivity contribution in [2.75, 3.05) is 24.6 Å². The van der Waals surface area contributed by atoms with E-state index in [0.717, 1.165) is 42.1 Å². The molecule has 2 aromatic rings. The molecule has 3 heterocycles. The van der Waals surface area contributed by atoms with Crippen LogP contribution >= 0.6 is 23.4 Å². The number of fused-ring (bicyclic) bond motifs is 1. The van der Waals surface area contributed by atoms with E-state index in [1.165, 1.54) is 37.4 Å². The van der Waals surface area contributed by atoms with Crippen LogP contribution in [0.15, 0.2) is 28.4 Å². The van der Waals surface area contributed by atoms with Crippen molar-refractivity contribution < 1.29 is 0 Å². The normalized spacial score (nSPS) is 27.9. The van der Waals surface area contributed by atoms with Crippen molar-refractivity contribution in [3.63, 3.8) is 0 Å². The van der Waals surface area contributed by atoms with Gasteiger partial charge in [0.15, 0.2) is 5.82 Å². The molecule has 9 heteroatoms. The first kappa shape index (κ1) is 19.4. The number of rotatable bonds is 4. The van der Waals surface area contributed by atoms with Gasteiger partial charge in [0.05, 0.1) is 16.9 Å². The lowest BCUT2D eigenvalue weighted by Crippen LogP contribution is -2.48. The Morgan fingerprint density at radius 2 is 2.00 bits per heavy atom. The summed E-state index contributed by atoms with van der Waals surface area (Å²) in [6.45, 7) is 2.90. The number of nitrogen functional groups attached to an aromatic ring is 2. The highest BCUT2D eigenvalue weighted by molar-refractivity contribution is 7.99. The Morgan fingerprint density at radius 1 is 1.21 bits per heavy atom. The summed E-state index contributed by atoms with van der Waals surface area (Å²) in [4.78, 5) is 16.3. The van der Waals surface area contributed by atoms with Crippen LogP contribution in [0.2, 0.25) is 5.02 Å². The monoisotopic (exact) mass is 431 g/mol. The molecule has 1 aliphatic heterocycles. The summed E-state index contributed by atoms with van der Waals surface area (Å²) < 4.78 is 0. The van der Waals surface area contributed by atoms with Crippen LogP contribution in [-0.2, 0) is 6.54 Å². The first-order valence-corrected chi connectivity index (χ1v) is 11.3. The summed E-state index contributed by atoms with van der Waals surface area (Å²) in [6.07, 6.45) is 8.51. The van der Waals surface area contributed by atoms with Crippen molar-refractivity contribution >= 4 is 35.0 Å². The number of likely N-dealkylation sites (tertiary alicyclic amines) is 1. The third kappa shape index (κ3) is 3.56. The number of hydrogen-bond donors (Lipinski definition) is 3. The molecule has 3 atom stereocenters. The van der Waals surface area contributed by atoms with Crippen LogP contribution in [0, 0.1) is 17.3 Å². The minimum Gasteiger partial charge on any atom is -0.382 e. The average Bonchev–Trinajstić information content (AvgIpc) is 3.41. The van der Waals surface area contributed by atoms with Crippen LogP contribution in [0.3, 0.4) is 0 Å². The third-order valence-corrected chi connectivity index (χ3v) is 8.53. The molecule has 0 amide bonds. The van der Waals surface area contributed by atoms with Gasteiger partial charge in [-0.15, -0.1) is 0 Å². The number of pyridine rings is 1. The van der Waals surface area contributed by atoms with Crippen LogP contribution < -0.4 is 17.2 Å². The Labute approximate surface area is 179 Å². The molecule has 1 spiro atoms. The minimum atomic E-state index is 0.293. The number of piperidine rings is 1. The molecule has 2 unspecified atom stereocenters. The quantitative estimate of drug-likeness (QED) is 0.675. The molecule has 5 rings (SSSR count). The molecule has 2 aliphatic carbocycles. The van der Waals surface area contributed by atoms with Crippen molar-refractivity contribution in [1.82, 2.24) is 19.9 Å². The highest BCUT2D eigenvalue weighted by atomic mass is 35.5. The average molecular weight is 432 g/mol. The molecule has 1 saturated heterocycles. The van der Waals surface area contributed by atoms with Gasteiger partial charge in [0.2, 0.25) is 0 Å². The van der Waals surface area contributed by atoms with Crippen molar-refractivity contribution in [3.05, 3.63) is 29.2 Å². The molecule has 0 radical (unpaired) electrons. The van der Waals surface area contributed by atoms with Crippen molar-refractivity contribution in [2.24, 2.45) is 23.0 Å². The predicted molar refractivity (Wildman–Crippen MR) is 115 cm³/mol. The van der Waals surface area contributed by atoms with Crippen LogP contribution in [0.1, 0.15) is 31.4 Å². The maximum Gasteiger partial charge on any atom is 0.156 e. The maximum absolute atomic E-state index is 6.57. The Hall–Kier alpha value is -1.61. The number of halogens is 1. The molecular weight excluding hydrogens is 406 g/mol. The lowest BCUT2D eigenvalue weighted by molar-refractivity contribution is 0.0774. The van der Waals surface area contributed by atoms with E-state index in [9.17, 15) is 0 Å². The SMILES string of the molecule is Nc1nc(CN2CCC3(CC2)CC2CC2[C@H]3N)cnc1Sc1ccnc(N)c1Cl. The van der Waals surface area contributed by atoms with E-state index >= 15 is 0 Å². The first-order valence-electron chi connectivity index (χ1n) is 10.1. The molecule has 0 bridgehead atoms. The highest BCUT2D eigenvalue weighted by Crippen LogP contribution is 2.62. The number of nitrogens with two attached hydrogens (primary N) is 3. The smallest absolute Gasteiger partial charge is 0.156 e. The van der Waals surface area contributed by atoms with Crippen LogP contribution in [0.25, 0.3) is 0 Å². The van der Waals surface area contributed by atoms with Gasteiger partial charge >= 0.3 is 0 Å². The first-order chi connectivity index (χ1) is 13.9. The van der Waals surface area contributed by atoms with Gasteiger partial charge < -0.3 is 17.2 Å². The lowest BCUT2D eigenvalue weighted by atomic mass is 9.72. The Balaban J connectivity index is 1.22. The highest BCUT2D eigenvalue weighted by Gasteiger charge is 2.59. The van der Waals surface area contributed by atoms with E-state index in [2.05, 4.69) is 19.9 Å². The van der Waals surface area contributed by atoms with Crippen LogP contribution in [0.5, 0.6) is 0 Å². The number of aromatic nitrogens is 3. The number of nitrogens with zero attached hydrogens (tertiary/aromatic N) is 4. The van der Waals surface area contributed by atoms with Gasteiger partial charge in [-0.2, -0.15) is 0 Å². The largest absolute Gasteiger partial charge is 0.382 e. The van der Waals surface area contributed by atoms with Gasteiger partial charge in [-0.25, -0.2) is 15.0 Å². The van der Waals surface area contributed by atoms with Gasteiger partial charge in [-0.05, 0) is 62.1 Å². The third-order valence-electron chi connectivity index (χ3n) is 6.95. The van der Waals surface area contributed by atoms with Gasteiger partial charge in [0.25, 0.3) is 0 Å². The molecule has 2 saturated carbocycles. The van der Waals surface area contributed by atoms with Gasteiger partial charge in [-0.1, -0.05) is 23.4 Å². The van der Waals surface area contributed by atoms with E-state index in [-0.39, 0.29) is 0 Å². The molecule has 154 valence electrons. The zero-order chi connectivity index (χ0) is 20.2. The van der Waals surface area contributed by atoms with E-state index in [1.54, 1.807) is 18.5 Å². The second-order valence-electron chi connectivity index (χ2n) is 8.69. The molecule has 7 nitrogen and oxygen atoms in total. The number of anilines is 2. The summed E-state index contributed by atoms with van der Waals surface area (Å²) in [5.41, 5.74) is 19.8. The zero-order valence-corrected chi connectivity index (χ0v) is 17.8. The zero-order valence-electron chi connectivity index (χ0n) is 16.2. The maximum atomic E-state index is 6.57. The molecular formula is C20H26ClN7S. The fraction of sp³-hybridized carbons (Fsp3) is 0.550. The van der Waals surface area contributed by atoms with Crippen molar-refractivity contribution in [1.29, 1.82) is 0 Å². The summed E-state index contributed by atoms with van der Waals surface area (Å²) in [5, 5.41) is 1.03. The second-order valence-corrected chi connectivity index (χ2v) is 10.1. The molecule has 0 aromatic carbocycles. The van der Waals surface area contributed by atoms with Gasteiger partial charge in [-0.3, -0.25) is 4.90 Å².